The molecule has 2 N–H and O–H groups in total. The lowest BCUT2D eigenvalue weighted by Crippen LogP contribution is -2.66. The Morgan fingerprint density at radius 2 is 1.45 bits per heavy atom. The third-order valence-electron chi connectivity index (χ3n) is 8.40. The normalized spacial score (nSPS) is 16.3. The number of fused-ring (bicyclic) bond motifs is 3. The number of nitrogens with zero attached hydrogens (tertiary/aromatic N) is 2. The van der Waals surface area contributed by atoms with Crippen LogP contribution in [-0.4, -0.2) is 70.2 Å². The first-order valence-corrected chi connectivity index (χ1v) is 14.5. The van der Waals surface area contributed by atoms with Crippen molar-refractivity contribution in [3.05, 3.63) is 95.6 Å². The van der Waals surface area contributed by atoms with E-state index in [1.165, 1.54) is 10.5 Å². The molecule has 3 aromatic rings. The van der Waals surface area contributed by atoms with Crippen molar-refractivity contribution in [1.82, 2.24) is 15.1 Å². The Morgan fingerprint density at radius 1 is 0.905 bits per heavy atom. The van der Waals surface area contributed by atoms with Gasteiger partial charge in [0.2, 0.25) is 5.91 Å². The fraction of sp³-hybridized carbons (Fsp3) is 0.382. The lowest BCUT2D eigenvalue weighted by atomic mass is 9.84. The van der Waals surface area contributed by atoms with E-state index in [1.807, 2.05) is 42.5 Å². The first-order chi connectivity index (χ1) is 20.1. The second-order valence-corrected chi connectivity index (χ2v) is 12.3. The van der Waals surface area contributed by atoms with Crippen molar-refractivity contribution in [1.29, 1.82) is 0 Å². The van der Waals surface area contributed by atoms with Crippen LogP contribution in [0.5, 0.6) is 0 Å². The summed E-state index contributed by atoms with van der Waals surface area (Å²) in [6, 6.07) is 26.4. The largest absolute Gasteiger partial charge is 0.480 e. The standard InChI is InChI=1S/C34H39N3O5/c1-33(2,3)37(22-30(38)39)31(40)34(17-19-36(20-18-34)21-24-11-5-4-6-12-24)35-32(41)42-23-29-27-15-9-7-13-25(27)26-14-8-10-16-28(26)29/h4-16,29H,17-23H2,1-3H3,(H,35,41)(H,38,39). The molecule has 1 saturated heterocycles. The molecule has 0 spiro atoms. The number of carbonyl (C=O) groups is 3. The summed E-state index contributed by atoms with van der Waals surface area (Å²) in [5.74, 6) is -1.61. The van der Waals surface area contributed by atoms with Gasteiger partial charge in [0.05, 0.1) is 0 Å². The molecule has 0 atom stereocenters. The van der Waals surface area contributed by atoms with Crippen LogP contribution in [0.3, 0.4) is 0 Å². The zero-order valence-electron chi connectivity index (χ0n) is 24.5. The molecule has 0 unspecified atom stereocenters. The zero-order chi connectivity index (χ0) is 29.9. The minimum Gasteiger partial charge on any atom is -0.480 e. The zero-order valence-corrected chi connectivity index (χ0v) is 24.5. The molecule has 8 nitrogen and oxygen atoms in total. The van der Waals surface area contributed by atoms with Crippen molar-refractivity contribution >= 4 is 18.0 Å². The molecular weight excluding hydrogens is 530 g/mol. The summed E-state index contributed by atoms with van der Waals surface area (Å²) < 4.78 is 5.84. The van der Waals surface area contributed by atoms with E-state index < -0.39 is 35.6 Å². The van der Waals surface area contributed by atoms with Crippen LogP contribution in [0, 0.1) is 0 Å². The second kappa shape index (κ2) is 12.0. The molecule has 5 rings (SSSR count). The van der Waals surface area contributed by atoms with Gasteiger partial charge in [-0.15, -0.1) is 0 Å². The van der Waals surface area contributed by atoms with Crippen LogP contribution in [0.25, 0.3) is 11.1 Å². The molecule has 0 saturated carbocycles. The van der Waals surface area contributed by atoms with E-state index >= 15 is 0 Å². The maximum atomic E-state index is 14.2. The van der Waals surface area contributed by atoms with Gasteiger partial charge < -0.3 is 20.1 Å². The molecule has 1 heterocycles. The summed E-state index contributed by atoms with van der Waals surface area (Å²) >= 11 is 0. The van der Waals surface area contributed by atoms with Crippen LogP contribution in [0.2, 0.25) is 0 Å². The minimum absolute atomic E-state index is 0.111. The van der Waals surface area contributed by atoms with Crippen LogP contribution in [0.1, 0.15) is 56.2 Å². The quantitative estimate of drug-likeness (QED) is 0.384. The minimum atomic E-state index is -1.28. The van der Waals surface area contributed by atoms with Crippen LogP contribution >= 0.6 is 0 Å². The molecule has 2 amide bonds. The number of carbonyl (C=O) groups excluding carboxylic acids is 2. The molecule has 42 heavy (non-hydrogen) atoms. The summed E-state index contributed by atoms with van der Waals surface area (Å²) in [5, 5.41) is 12.6. The molecule has 3 aromatic carbocycles. The first kappa shape index (κ1) is 29.3. The lowest BCUT2D eigenvalue weighted by molar-refractivity contribution is -0.153. The monoisotopic (exact) mass is 569 g/mol. The number of piperidine rings is 1. The van der Waals surface area contributed by atoms with E-state index in [9.17, 15) is 19.5 Å². The van der Waals surface area contributed by atoms with Crippen LogP contribution < -0.4 is 5.32 Å². The molecule has 1 aliphatic carbocycles. The van der Waals surface area contributed by atoms with Gasteiger partial charge in [0.1, 0.15) is 18.7 Å². The van der Waals surface area contributed by atoms with E-state index in [2.05, 4.69) is 46.6 Å². The maximum Gasteiger partial charge on any atom is 0.408 e. The van der Waals surface area contributed by atoms with E-state index in [4.69, 9.17) is 4.74 Å². The van der Waals surface area contributed by atoms with Crippen molar-refractivity contribution in [3.63, 3.8) is 0 Å². The highest BCUT2D eigenvalue weighted by Crippen LogP contribution is 2.44. The van der Waals surface area contributed by atoms with Gasteiger partial charge in [0.15, 0.2) is 0 Å². The molecule has 0 aromatic heterocycles. The van der Waals surface area contributed by atoms with Gasteiger partial charge in [-0.05, 0) is 61.4 Å². The van der Waals surface area contributed by atoms with Gasteiger partial charge in [-0.2, -0.15) is 0 Å². The van der Waals surface area contributed by atoms with E-state index in [0.29, 0.717) is 25.9 Å². The Hall–Kier alpha value is -4.17. The Balaban J connectivity index is 1.34. The van der Waals surface area contributed by atoms with Crippen molar-refractivity contribution < 1.29 is 24.2 Å². The number of likely N-dealkylation sites (tertiary alicyclic amines) is 1. The highest BCUT2D eigenvalue weighted by molar-refractivity contribution is 5.92. The molecule has 8 heteroatoms. The van der Waals surface area contributed by atoms with Gasteiger partial charge >= 0.3 is 12.1 Å². The molecular formula is C34H39N3O5. The van der Waals surface area contributed by atoms with Crippen molar-refractivity contribution in [2.45, 2.75) is 57.2 Å². The topological polar surface area (TPSA) is 99.2 Å². The highest BCUT2D eigenvalue weighted by Gasteiger charge is 2.48. The number of carboxylic acids is 1. The van der Waals surface area contributed by atoms with Crippen LogP contribution in [0.4, 0.5) is 4.79 Å². The first-order valence-electron chi connectivity index (χ1n) is 14.5. The van der Waals surface area contributed by atoms with Gasteiger partial charge in [-0.1, -0.05) is 78.9 Å². The number of aliphatic carboxylic acids is 1. The number of nitrogens with one attached hydrogen (secondary N) is 1. The van der Waals surface area contributed by atoms with E-state index in [-0.39, 0.29) is 12.5 Å². The van der Waals surface area contributed by atoms with Gasteiger partial charge in [-0.25, -0.2) is 4.79 Å². The molecule has 0 bridgehead atoms. The number of benzene rings is 3. The number of hydrogen-bond acceptors (Lipinski definition) is 5. The van der Waals surface area contributed by atoms with Crippen molar-refractivity contribution in [3.8, 4) is 11.1 Å². The van der Waals surface area contributed by atoms with Crippen molar-refractivity contribution in [2.75, 3.05) is 26.2 Å². The van der Waals surface area contributed by atoms with Crippen LogP contribution in [-0.2, 0) is 20.9 Å². The fourth-order valence-corrected chi connectivity index (χ4v) is 6.16. The number of alkyl carbamates (subject to hydrolysis) is 1. The molecule has 1 fully saturated rings. The average molecular weight is 570 g/mol. The van der Waals surface area contributed by atoms with E-state index in [0.717, 1.165) is 28.8 Å². The Labute approximate surface area is 247 Å². The average Bonchev–Trinajstić information content (AvgIpc) is 3.29. The molecule has 220 valence electrons. The van der Waals surface area contributed by atoms with Gasteiger partial charge in [0, 0.05) is 31.1 Å². The predicted molar refractivity (Wildman–Crippen MR) is 161 cm³/mol. The summed E-state index contributed by atoms with van der Waals surface area (Å²) in [5.41, 5.74) is 3.61. The van der Waals surface area contributed by atoms with E-state index in [1.54, 1.807) is 20.8 Å². The third kappa shape index (κ3) is 6.19. The predicted octanol–water partition coefficient (Wildman–Crippen LogP) is 5.27. The van der Waals surface area contributed by atoms with Gasteiger partial charge in [0.25, 0.3) is 0 Å². The Bertz CT molecular complexity index is 1400. The number of amides is 2. The maximum absolute atomic E-state index is 14.2. The van der Waals surface area contributed by atoms with Crippen LogP contribution in [0.15, 0.2) is 78.9 Å². The number of ether oxygens (including phenoxy) is 1. The second-order valence-electron chi connectivity index (χ2n) is 12.3. The smallest absolute Gasteiger partial charge is 0.408 e. The molecule has 1 aliphatic heterocycles. The third-order valence-corrected chi connectivity index (χ3v) is 8.40. The SMILES string of the molecule is CC(C)(C)N(CC(=O)O)C(=O)C1(NC(=O)OCC2c3ccccc3-c3ccccc32)CCN(Cc2ccccc2)CC1. The fourth-order valence-electron chi connectivity index (χ4n) is 6.16. The summed E-state index contributed by atoms with van der Waals surface area (Å²) in [7, 11) is 0. The lowest BCUT2D eigenvalue weighted by Gasteiger charge is -2.46. The number of rotatable bonds is 8. The molecule has 2 aliphatic rings. The Kier molecular flexibility index (Phi) is 8.36. The summed E-state index contributed by atoms with van der Waals surface area (Å²) in [6.07, 6.45) is 0.00956. The highest BCUT2D eigenvalue weighted by atomic mass is 16.5. The Morgan fingerprint density at radius 3 is 2.00 bits per heavy atom. The van der Waals surface area contributed by atoms with Crippen molar-refractivity contribution in [2.24, 2.45) is 0 Å². The number of hydrogen-bond donors (Lipinski definition) is 2. The van der Waals surface area contributed by atoms with Gasteiger partial charge in [-0.3, -0.25) is 14.5 Å². The number of carboxylic acid groups (broad SMARTS) is 1. The summed E-state index contributed by atoms with van der Waals surface area (Å²) in [6.45, 7) is 6.95. The summed E-state index contributed by atoms with van der Waals surface area (Å²) in [4.78, 5) is 43.0. The molecule has 0 radical (unpaired) electrons.